The average Bonchev–Trinajstić information content (AvgIpc) is 3.58. The van der Waals surface area contributed by atoms with Gasteiger partial charge in [0.2, 0.25) is 15.9 Å². The van der Waals surface area contributed by atoms with Gasteiger partial charge in [-0.3, -0.25) is 4.79 Å². The fraction of sp³-hybridized carbons (Fsp3) is 0.500. The number of nitrogens with zero attached hydrogens (tertiary/aromatic N) is 4. The normalized spacial score (nSPS) is 15.8. The summed E-state index contributed by atoms with van der Waals surface area (Å²) in [5, 5.41) is 2.02. The molecule has 1 atom stereocenters. The van der Waals surface area contributed by atoms with Crippen molar-refractivity contribution in [3.8, 4) is 0 Å². The number of amides is 1. The minimum absolute atomic E-state index is 0.0327. The first-order chi connectivity index (χ1) is 15.8. The SMILES string of the molecule is CCCn1c(CCC(=O)N(C)C(C)c2cccs2)nc2cc(S(=O)(=O)N3CCCC3)ccc21. The van der Waals surface area contributed by atoms with Crippen LogP contribution in [-0.4, -0.2) is 53.2 Å². The van der Waals surface area contributed by atoms with E-state index in [1.165, 1.54) is 0 Å². The van der Waals surface area contributed by atoms with Crippen LogP contribution >= 0.6 is 11.3 Å². The van der Waals surface area contributed by atoms with Gasteiger partial charge in [0.25, 0.3) is 0 Å². The maximum atomic E-state index is 13.0. The summed E-state index contributed by atoms with van der Waals surface area (Å²) in [6.07, 6.45) is 3.62. The number of carbonyl (C=O) groups excluding carboxylic acids is 1. The summed E-state index contributed by atoms with van der Waals surface area (Å²) < 4.78 is 29.7. The van der Waals surface area contributed by atoms with Gasteiger partial charge in [-0.2, -0.15) is 4.31 Å². The van der Waals surface area contributed by atoms with Gasteiger partial charge in [0.1, 0.15) is 5.82 Å². The fourth-order valence-corrected chi connectivity index (χ4v) is 6.76. The largest absolute Gasteiger partial charge is 0.338 e. The van der Waals surface area contributed by atoms with E-state index in [0.29, 0.717) is 36.3 Å². The lowest BCUT2D eigenvalue weighted by Crippen LogP contribution is -2.29. The lowest BCUT2D eigenvalue weighted by Gasteiger charge is -2.24. The van der Waals surface area contributed by atoms with Crippen LogP contribution < -0.4 is 0 Å². The highest BCUT2D eigenvalue weighted by Gasteiger charge is 2.28. The van der Waals surface area contributed by atoms with Crippen molar-refractivity contribution in [1.29, 1.82) is 0 Å². The summed E-state index contributed by atoms with van der Waals surface area (Å²) >= 11 is 1.65. The molecular formula is C24H32N4O3S2. The standard InChI is InChI=1S/C24H32N4O3S2/c1-4-13-28-21-10-9-19(33(30,31)27-14-5-6-15-27)17-20(21)25-23(28)11-12-24(29)26(3)18(2)22-8-7-16-32-22/h7-10,16-18H,4-6,11-15H2,1-3H3. The zero-order valence-corrected chi connectivity index (χ0v) is 21.2. The highest BCUT2D eigenvalue weighted by atomic mass is 32.2. The molecule has 7 nitrogen and oxygen atoms in total. The summed E-state index contributed by atoms with van der Waals surface area (Å²) in [5.41, 5.74) is 1.59. The second-order valence-corrected chi connectivity index (χ2v) is 11.6. The van der Waals surface area contributed by atoms with Crippen LogP contribution in [0.4, 0.5) is 0 Å². The molecule has 1 saturated heterocycles. The lowest BCUT2D eigenvalue weighted by molar-refractivity contribution is -0.131. The van der Waals surface area contributed by atoms with Gasteiger partial charge in [-0.1, -0.05) is 13.0 Å². The molecule has 2 aromatic heterocycles. The van der Waals surface area contributed by atoms with E-state index in [1.807, 2.05) is 37.6 Å². The number of carbonyl (C=O) groups is 1. The Balaban J connectivity index is 1.55. The molecule has 0 bridgehead atoms. The number of thiophene rings is 1. The highest BCUT2D eigenvalue weighted by molar-refractivity contribution is 7.89. The van der Waals surface area contributed by atoms with Crippen LogP contribution in [-0.2, 0) is 27.8 Å². The molecule has 3 aromatic rings. The van der Waals surface area contributed by atoms with Gasteiger partial charge >= 0.3 is 0 Å². The number of hydrogen-bond acceptors (Lipinski definition) is 5. The van der Waals surface area contributed by atoms with E-state index in [2.05, 4.69) is 11.5 Å². The lowest BCUT2D eigenvalue weighted by atomic mass is 10.2. The molecule has 178 valence electrons. The van der Waals surface area contributed by atoms with Gasteiger partial charge in [0, 0.05) is 44.4 Å². The second kappa shape index (κ2) is 9.95. The number of rotatable bonds is 9. The number of aryl methyl sites for hydroxylation is 2. The van der Waals surface area contributed by atoms with Crippen molar-refractivity contribution in [2.45, 2.75) is 63.4 Å². The second-order valence-electron chi connectivity index (χ2n) is 8.64. The van der Waals surface area contributed by atoms with Crippen molar-refractivity contribution in [3.63, 3.8) is 0 Å². The average molecular weight is 489 g/mol. The topological polar surface area (TPSA) is 75.5 Å². The summed E-state index contributed by atoms with van der Waals surface area (Å²) in [4.78, 5) is 20.9. The number of imidazole rings is 1. The Hall–Kier alpha value is -2.23. The molecule has 0 spiro atoms. The molecule has 1 fully saturated rings. The molecule has 33 heavy (non-hydrogen) atoms. The quantitative estimate of drug-likeness (QED) is 0.446. The van der Waals surface area contributed by atoms with Crippen LogP contribution in [0, 0.1) is 0 Å². The van der Waals surface area contributed by atoms with Crippen LogP contribution in [0.2, 0.25) is 0 Å². The third-order valence-electron chi connectivity index (χ3n) is 6.44. The summed E-state index contributed by atoms with van der Waals surface area (Å²) in [5.74, 6) is 0.899. The fourth-order valence-electron chi connectivity index (χ4n) is 4.39. The minimum atomic E-state index is -3.49. The third kappa shape index (κ3) is 4.85. The molecule has 9 heteroatoms. The molecule has 1 amide bonds. The van der Waals surface area contributed by atoms with Gasteiger partial charge in [0.15, 0.2) is 0 Å². The maximum Gasteiger partial charge on any atom is 0.243 e. The smallest absolute Gasteiger partial charge is 0.243 e. The zero-order chi connectivity index (χ0) is 23.6. The molecule has 0 radical (unpaired) electrons. The summed E-state index contributed by atoms with van der Waals surface area (Å²) in [6, 6.07) is 9.32. The predicted molar refractivity (Wildman–Crippen MR) is 132 cm³/mol. The van der Waals surface area contributed by atoms with E-state index in [0.717, 1.165) is 42.0 Å². The Morgan fingerprint density at radius 2 is 2.00 bits per heavy atom. The number of hydrogen-bond donors (Lipinski definition) is 0. The van der Waals surface area contributed by atoms with Gasteiger partial charge in [-0.25, -0.2) is 13.4 Å². The first-order valence-corrected chi connectivity index (χ1v) is 13.9. The molecule has 1 aliphatic heterocycles. The molecule has 0 aliphatic carbocycles. The molecular weight excluding hydrogens is 456 g/mol. The van der Waals surface area contributed by atoms with Crippen LogP contribution in [0.1, 0.15) is 56.3 Å². The Bertz CT molecular complexity index is 1210. The van der Waals surface area contributed by atoms with Crippen molar-refractivity contribution in [1.82, 2.24) is 18.8 Å². The van der Waals surface area contributed by atoms with E-state index in [4.69, 9.17) is 4.98 Å². The summed E-state index contributed by atoms with van der Waals surface area (Å²) in [6.45, 7) is 6.08. The van der Waals surface area contributed by atoms with Crippen LogP contribution in [0.25, 0.3) is 11.0 Å². The zero-order valence-electron chi connectivity index (χ0n) is 19.5. The Labute approximate surface area is 200 Å². The first kappa shape index (κ1) is 23.9. The molecule has 1 aromatic carbocycles. The molecule has 4 rings (SSSR count). The van der Waals surface area contributed by atoms with Crippen molar-refractivity contribution in [2.24, 2.45) is 0 Å². The summed E-state index contributed by atoms with van der Waals surface area (Å²) in [7, 11) is -1.65. The first-order valence-electron chi connectivity index (χ1n) is 11.6. The van der Waals surface area contributed by atoms with E-state index >= 15 is 0 Å². The number of fused-ring (bicyclic) bond motifs is 1. The van der Waals surface area contributed by atoms with Gasteiger partial charge in [-0.05, 0) is 55.8 Å². The third-order valence-corrected chi connectivity index (χ3v) is 9.38. The Kier molecular flexibility index (Phi) is 7.21. The monoisotopic (exact) mass is 488 g/mol. The number of sulfonamides is 1. The number of benzene rings is 1. The molecule has 0 N–H and O–H groups in total. The molecule has 1 aliphatic rings. The predicted octanol–water partition coefficient (Wildman–Crippen LogP) is 4.44. The van der Waals surface area contributed by atoms with Crippen LogP contribution in [0.3, 0.4) is 0 Å². The van der Waals surface area contributed by atoms with E-state index in [9.17, 15) is 13.2 Å². The van der Waals surface area contributed by atoms with Crippen LogP contribution in [0.5, 0.6) is 0 Å². The minimum Gasteiger partial charge on any atom is -0.338 e. The van der Waals surface area contributed by atoms with Crippen molar-refractivity contribution in [3.05, 3.63) is 46.4 Å². The Morgan fingerprint density at radius 3 is 2.67 bits per heavy atom. The number of aromatic nitrogens is 2. The Morgan fingerprint density at radius 1 is 1.24 bits per heavy atom. The van der Waals surface area contributed by atoms with Crippen molar-refractivity contribution in [2.75, 3.05) is 20.1 Å². The van der Waals surface area contributed by atoms with Crippen molar-refractivity contribution < 1.29 is 13.2 Å². The maximum absolute atomic E-state index is 13.0. The van der Waals surface area contributed by atoms with Crippen LogP contribution in [0.15, 0.2) is 40.6 Å². The van der Waals surface area contributed by atoms with Gasteiger partial charge < -0.3 is 9.47 Å². The van der Waals surface area contributed by atoms with Gasteiger partial charge in [-0.15, -0.1) is 11.3 Å². The van der Waals surface area contributed by atoms with E-state index in [1.54, 1.807) is 32.7 Å². The van der Waals surface area contributed by atoms with Gasteiger partial charge in [0.05, 0.1) is 22.0 Å². The highest BCUT2D eigenvalue weighted by Crippen LogP contribution is 2.27. The van der Waals surface area contributed by atoms with E-state index in [-0.39, 0.29) is 11.9 Å². The molecule has 0 saturated carbocycles. The van der Waals surface area contributed by atoms with E-state index < -0.39 is 10.0 Å². The molecule has 3 heterocycles. The molecule has 1 unspecified atom stereocenters. The van der Waals surface area contributed by atoms with Crippen molar-refractivity contribution >= 4 is 38.3 Å².